The number of rotatable bonds is 3. The fourth-order valence-corrected chi connectivity index (χ4v) is 2.53. The number of thiocarbonyl (C=S) groups is 1. The summed E-state index contributed by atoms with van der Waals surface area (Å²) in [6, 6.07) is 7.68. The van der Waals surface area contributed by atoms with Crippen molar-refractivity contribution in [1.29, 1.82) is 0 Å². The van der Waals surface area contributed by atoms with E-state index >= 15 is 0 Å². The van der Waals surface area contributed by atoms with Crippen molar-refractivity contribution in [3.8, 4) is 5.75 Å². The molecule has 2 aromatic rings. The number of carbonyl (C=O) groups is 1. The molecule has 1 amide bonds. The van der Waals surface area contributed by atoms with E-state index in [9.17, 15) is 20.0 Å². The van der Waals surface area contributed by atoms with Gasteiger partial charge in [0.15, 0.2) is 5.11 Å². The number of carbonyl (C=O) groups excluding carboxylic acids is 1. The van der Waals surface area contributed by atoms with Gasteiger partial charge in [0.25, 0.3) is 11.6 Å². The Morgan fingerprint density at radius 2 is 1.84 bits per heavy atom. The van der Waals surface area contributed by atoms with E-state index in [1.807, 2.05) is 13.0 Å². The minimum atomic E-state index is -0.579. The van der Waals surface area contributed by atoms with Gasteiger partial charge >= 0.3 is 0 Å². The number of hydrogen-bond donors (Lipinski definition) is 3. The largest absolute Gasteiger partial charge is 0.505 e. The number of aromatic hydroxyl groups is 1. The molecule has 0 radical (unpaired) electrons. The molecule has 0 aromatic heterocycles. The summed E-state index contributed by atoms with van der Waals surface area (Å²) in [6.45, 7) is 5.21. The molecule has 0 aliphatic heterocycles. The van der Waals surface area contributed by atoms with E-state index < -0.39 is 10.8 Å². The molecule has 0 heterocycles. The number of nitro benzene ring substituents is 1. The van der Waals surface area contributed by atoms with Crippen molar-refractivity contribution in [3.63, 3.8) is 0 Å². The van der Waals surface area contributed by atoms with Crippen LogP contribution in [0.25, 0.3) is 0 Å². The number of nitro groups is 1. The molecule has 25 heavy (non-hydrogen) atoms. The quantitative estimate of drug-likeness (QED) is 0.336. The second kappa shape index (κ2) is 7.27. The van der Waals surface area contributed by atoms with Gasteiger partial charge in [-0.1, -0.05) is 12.1 Å². The number of phenols is 1. The summed E-state index contributed by atoms with van der Waals surface area (Å²) in [4.78, 5) is 22.7. The Balaban J connectivity index is 2.15. The molecule has 0 atom stereocenters. The maximum absolute atomic E-state index is 12.2. The molecule has 0 fully saturated rings. The third-order valence-electron chi connectivity index (χ3n) is 3.59. The second-order valence-electron chi connectivity index (χ2n) is 5.64. The van der Waals surface area contributed by atoms with Crippen molar-refractivity contribution in [1.82, 2.24) is 5.32 Å². The smallest absolute Gasteiger partial charge is 0.273 e. The predicted octanol–water partition coefficient (Wildman–Crippen LogP) is 3.35. The standard InChI is InChI=1S/C17H17N3O4S/c1-9-6-11(3)15(21)13(7-9)18-17(25)19-16(22)12-5-4-10(2)14(8-12)20(23)24/h4-8,21H,1-3H3,(H2,18,19,22,25). The summed E-state index contributed by atoms with van der Waals surface area (Å²) < 4.78 is 0. The molecule has 3 N–H and O–H groups in total. The molecule has 0 saturated heterocycles. The Kier molecular flexibility index (Phi) is 5.33. The van der Waals surface area contributed by atoms with Crippen molar-refractivity contribution in [2.45, 2.75) is 20.8 Å². The summed E-state index contributed by atoms with van der Waals surface area (Å²) in [7, 11) is 0. The lowest BCUT2D eigenvalue weighted by atomic mass is 10.1. The summed E-state index contributed by atoms with van der Waals surface area (Å²) in [6.07, 6.45) is 0. The van der Waals surface area contributed by atoms with E-state index in [1.54, 1.807) is 19.9 Å². The molecule has 2 rings (SSSR count). The van der Waals surface area contributed by atoms with Crippen LogP contribution in [0.2, 0.25) is 0 Å². The van der Waals surface area contributed by atoms with Crippen molar-refractivity contribution < 1.29 is 14.8 Å². The van der Waals surface area contributed by atoms with Crippen LogP contribution in [0, 0.1) is 30.9 Å². The molecule has 0 bridgehead atoms. The zero-order chi connectivity index (χ0) is 18.7. The van der Waals surface area contributed by atoms with Crippen LogP contribution in [0.1, 0.15) is 27.0 Å². The van der Waals surface area contributed by atoms with Gasteiger partial charge in [0.2, 0.25) is 0 Å². The van der Waals surface area contributed by atoms with E-state index in [4.69, 9.17) is 12.2 Å². The average molecular weight is 359 g/mol. The number of aryl methyl sites for hydroxylation is 3. The Bertz CT molecular complexity index is 880. The van der Waals surface area contributed by atoms with Gasteiger partial charge in [0, 0.05) is 17.2 Å². The minimum absolute atomic E-state index is 0.0199. The highest BCUT2D eigenvalue weighted by atomic mass is 32.1. The first-order valence-electron chi connectivity index (χ1n) is 7.36. The molecule has 130 valence electrons. The topological polar surface area (TPSA) is 104 Å². The molecule has 7 nitrogen and oxygen atoms in total. The molecule has 0 unspecified atom stereocenters. The number of phenolic OH excluding ortho intramolecular Hbond substituents is 1. The van der Waals surface area contributed by atoms with Gasteiger partial charge < -0.3 is 10.4 Å². The fourth-order valence-electron chi connectivity index (χ4n) is 2.33. The van der Waals surface area contributed by atoms with Crippen LogP contribution in [0.15, 0.2) is 30.3 Å². The van der Waals surface area contributed by atoms with Gasteiger partial charge in [-0.15, -0.1) is 0 Å². The highest BCUT2D eigenvalue weighted by molar-refractivity contribution is 7.80. The molecule has 0 saturated carbocycles. The lowest BCUT2D eigenvalue weighted by Gasteiger charge is -2.13. The zero-order valence-electron chi connectivity index (χ0n) is 13.9. The fraction of sp³-hybridized carbons (Fsp3) is 0.176. The van der Waals surface area contributed by atoms with E-state index in [-0.39, 0.29) is 22.1 Å². The van der Waals surface area contributed by atoms with Gasteiger partial charge in [-0.2, -0.15) is 0 Å². The first kappa shape index (κ1) is 18.3. The van der Waals surface area contributed by atoms with Crippen molar-refractivity contribution in [2.75, 3.05) is 5.32 Å². The summed E-state index contributed by atoms with van der Waals surface area (Å²) in [5.41, 5.74) is 2.40. The summed E-state index contributed by atoms with van der Waals surface area (Å²) >= 11 is 5.08. The van der Waals surface area contributed by atoms with E-state index in [1.165, 1.54) is 18.2 Å². The highest BCUT2D eigenvalue weighted by Crippen LogP contribution is 2.28. The van der Waals surface area contributed by atoms with E-state index in [0.717, 1.165) is 5.56 Å². The monoisotopic (exact) mass is 359 g/mol. The van der Waals surface area contributed by atoms with Crippen molar-refractivity contribution in [3.05, 3.63) is 62.7 Å². The van der Waals surface area contributed by atoms with Crippen molar-refractivity contribution >= 4 is 34.6 Å². The summed E-state index contributed by atoms with van der Waals surface area (Å²) in [5, 5.41) is 26.2. The second-order valence-corrected chi connectivity index (χ2v) is 6.05. The number of amides is 1. The first-order valence-corrected chi connectivity index (χ1v) is 7.77. The van der Waals surface area contributed by atoms with Gasteiger partial charge in [0.05, 0.1) is 10.6 Å². The Labute approximate surface area is 149 Å². The Morgan fingerprint density at radius 3 is 2.48 bits per heavy atom. The molecule has 0 spiro atoms. The third kappa shape index (κ3) is 4.30. The SMILES string of the molecule is Cc1cc(C)c(O)c(NC(=S)NC(=O)c2ccc(C)c([N+](=O)[O-])c2)c1. The van der Waals surface area contributed by atoms with Gasteiger partial charge in [-0.05, 0) is 56.2 Å². The van der Waals surface area contributed by atoms with Gasteiger partial charge in [0.1, 0.15) is 5.75 Å². The molecule has 0 aliphatic carbocycles. The molecular weight excluding hydrogens is 342 g/mol. The number of nitrogens with zero attached hydrogens (tertiary/aromatic N) is 1. The van der Waals surface area contributed by atoms with Crippen LogP contribution in [0.3, 0.4) is 0 Å². The van der Waals surface area contributed by atoms with Gasteiger partial charge in [-0.25, -0.2) is 0 Å². The van der Waals surface area contributed by atoms with Crippen LogP contribution >= 0.6 is 12.2 Å². The van der Waals surface area contributed by atoms with E-state index in [0.29, 0.717) is 16.8 Å². The van der Waals surface area contributed by atoms with Crippen LogP contribution < -0.4 is 10.6 Å². The lowest BCUT2D eigenvalue weighted by Crippen LogP contribution is -2.34. The van der Waals surface area contributed by atoms with Crippen LogP contribution in [-0.4, -0.2) is 21.0 Å². The number of nitrogens with one attached hydrogen (secondary N) is 2. The third-order valence-corrected chi connectivity index (χ3v) is 3.79. The first-order chi connectivity index (χ1) is 11.7. The van der Waals surface area contributed by atoms with Gasteiger partial charge in [-0.3, -0.25) is 20.2 Å². The molecule has 8 heteroatoms. The van der Waals surface area contributed by atoms with E-state index in [2.05, 4.69) is 10.6 Å². The maximum Gasteiger partial charge on any atom is 0.273 e. The number of benzene rings is 2. The lowest BCUT2D eigenvalue weighted by molar-refractivity contribution is -0.385. The Morgan fingerprint density at radius 1 is 1.16 bits per heavy atom. The average Bonchev–Trinajstić information content (AvgIpc) is 2.52. The molecular formula is C17H17N3O4S. The minimum Gasteiger partial charge on any atom is -0.505 e. The van der Waals surface area contributed by atoms with Crippen LogP contribution in [0.5, 0.6) is 5.75 Å². The zero-order valence-corrected chi connectivity index (χ0v) is 14.7. The van der Waals surface area contributed by atoms with Crippen LogP contribution in [-0.2, 0) is 0 Å². The Hall–Kier alpha value is -3.00. The summed E-state index contributed by atoms with van der Waals surface area (Å²) in [5.74, 6) is -0.544. The number of anilines is 1. The molecule has 2 aromatic carbocycles. The maximum atomic E-state index is 12.2. The highest BCUT2D eigenvalue weighted by Gasteiger charge is 2.16. The number of hydrogen-bond acceptors (Lipinski definition) is 5. The molecule has 0 aliphatic rings. The van der Waals surface area contributed by atoms with Crippen LogP contribution in [0.4, 0.5) is 11.4 Å². The predicted molar refractivity (Wildman–Crippen MR) is 99.1 cm³/mol. The van der Waals surface area contributed by atoms with Crippen molar-refractivity contribution in [2.24, 2.45) is 0 Å². The normalized spacial score (nSPS) is 10.2.